The summed E-state index contributed by atoms with van der Waals surface area (Å²) >= 11 is 0. The van der Waals surface area contributed by atoms with Crippen molar-refractivity contribution in [2.45, 2.75) is 33.7 Å². The molecule has 4 heteroatoms. The van der Waals surface area contributed by atoms with Crippen molar-refractivity contribution in [3.8, 4) is 16.9 Å². The van der Waals surface area contributed by atoms with Crippen molar-refractivity contribution in [2.24, 2.45) is 7.05 Å². The van der Waals surface area contributed by atoms with E-state index in [4.69, 9.17) is 6.57 Å². The molecular weight excluding hydrogens is 356 g/mol. The Morgan fingerprint density at radius 3 is 2.45 bits per heavy atom. The largest absolute Gasteiger partial charge is 0.238 e. The Kier molecular flexibility index (Phi) is 4.68. The molecule has 0 spiro atoms. The molecule has 0 saturated carbocycles. The molecular formula is C25H26N4+2. The lowest BCUT2D eigenvalue weighted by atomic mass is 10.0. The van der Waals surface area contributed by atoms with Crippen LogP contribution in [-0.2, 0) is 7.05 Å². The second kappa shape index (κ2) is 7.18. The lowest BCUT2D eigenvalue weighted by molar-refractivity contribution is -0.789. The van der Waals surface area contributed by atoms with E-state index in [1.165, 1.54) is 10.9 Å². The highest BCUT2D eigenvalue weighted by Gasteiger charge is 2.24. The first kappa shape index (κ1) is 18.9. The van der Waals surface area contributed by atoms with Gasteiger partial charge in [0.1, 0.15) is 5.69 Å². The maximum atomic E-state index is 7.68. The average molecular weight is 383 g/mol. The number of aryl methyl sites for hydroxylation is 1. The van der Waals surface area contributed by atoms with Crippen LogP contribution in [0.2, 0.25) is 0 Å². The van der Waals surface area contributed by atoms with E-state index in [0.717, 1.165) is 28.2 Å². The Morgan fingerprint density at radius 2 is 1.76 bits per heavy atom. The molecule has 4 rings (SSSR count). The van der Waals surface area contributed by atoms with E-state index in [1.807, 2.05) is 12.1 Å². The molecule has 2 heterocycles. The molecule has 4 nitrogen and oxygen atoms in total. The molecule has 2 aromatic heterocycles. The summed E-state index contributed by atoms with van der Waals surface area (Å²) in [5.74, 6) is 0. The predicted octanol–water partition coefficient (Wildman–Crippen LogP) is 5.16. The fraction of sp³-hybridized carbons (Fsp3) is 0.240. The van der Waals surface area contributed by atoms with Gasteiger partial charge in [-0.1, -0.05) is 12.1 Å². The van der Waals surface area contributed by atoms with E-state index in [0.29, 0.717) is 11.7 Å². The summed E-state index contributed by atoms with van der Waals surface area (Å²) in [6, 6.07) is 19.2. The van der Waals surface area contributed by atoms with E-state index in [2.05, 4.69) is 102 Å². The number of nitrogens with zero attached hydrogens (tertiary/aromatic N) is 4. The number of para-hydroxylation sites is 1. The van der Waals surface area contributed by atoms with Crippen LogP contribution in [0.15, 0.2) is 60.8 Å². The second-order valence-corrected chi connectivity index (χ2v) is 7.82. The lowest BCUT2D eigenvalue weighted by Crippen LogP contribution is -2.43. The first-order valence-electron chi connectivity index (χ1n) is 9.92. The Bertz CT molecular complexity index is 1270. The van der Waals surface area contributed by atoms with Gasteiger partial charge in [-0.3, -0.25) is 0 Å². The maximum absolute atomic E-state index is 7.68. The van der Waals surface area contributed by atoms with Crippen molar-refractivity contribution in [2.75, 3.05) is 0 Å². The van der Waals surface area contributed by atoms with Gasteiger partial charge in [-0.2, -0.15) is 9.25 Å². The molecule has 0 aliphatic carbocycles. The molecule has 29 heavy (non-hydrogen) atoms. The summed E-state index contributed by atoms with van der Waals surface area (Å²) in [5.41, 5.74) is 7.37. The number of hydrogen-bond acceptors (Lipinski definition) is 0. The molecule has 4 aromatic rings. The van der Waals surface area contributed by atoms with Gasteiger partial charge < -0.3 is 0 Å². The maximum Gasteiger partial charge on any atom is 0.218 e. The van der Waals surface area contributed by atoms with Gasteiger partial charge in [-0.25, -0.2) is 4.85 Å². The minimum Gasteiger partial charge on any atom is -0.238 e. The van der Waals surface area contributed by atoms with Gasteiger partial charge in [-0.15, -0.1) is 4.68 Å². The molecule has 0 saturated heterocycles. The van der Waals surface area contributed by atoms with E-state index in [9.17, 15) is 0 Å². The molecule has 0 N–H and O–H groups in total. The van der Waals surface area contributed by atoms with Crippen molar-refractivity contribution in [1.82, 2.24) is 4.68 Å². The molecule has 0 bridgehead atoms. The van der Waals surface area contributed by atoms with E-state index in [1.54, 1.807) is 0 Å². The van der Waals surface area contributed by atoms with Crippen LogP contribution >= 0.6 is 0 Å². The summed E-state index contributed by atoms with van der Waals surface area (Å²) in [5, 5.41) is 1.18. The fourth-order valence-electron chi connectivity index (χ4n) is 4.14. The van der Waals surface area contributed by atoms with Gasteiger partial charge in [0.05, 0.1) is 13.6 Å². The third-order valence-electron chi connectivity index (χ3n) is 5.65. The minimum absolute atomic E-state index is 0.368. The zero-order valence-corrected chi connectivity index (χ0v) is 17.6. The monoisotopic (exact) mass is 382 g/mol. The van der Waals surface area contributed by atoms with E-state index in [-0.39, 0.29) is 0 Å². The fourth-order valence-corrected chi connectivity index (χ4v) is 4.14. The summed E-state index contributed by atoms with van der Waals surface area (Å²) < 4.78 is 6.64. The van der Waals surface area contributed by atoms with Crippen molar-refractivity contribution in [1.29, 1.82) is 0 Å². The minimum atomic E-state index is 0.368. The topological polar surface area (TPSA) is 17.1 Å². The van der Waals surface area contributed by atoms with Crippen molar-refractivity contribution < 1.29 is 9.25 Å². The van der Waals surface area contributed by atoms with Crippen LogP contribution in [-0.4, -0.2) is 4.68 Å². The van der Waals surface area contributed by atoms with Crippen LogP contribution in [0.3, 0.4) is 0 Å². The van der Waals surface area contributed by atoms with Crippen LogP contribution in [0.1, 0.15) is 31.1 Å². The Balaban J connectivity index is 2.05. The number of pyridine rings is 1. The number of fused-ring (bicyclic) bond motifs is 1. The molecule has 0 amide bonds. The molecule has 144 valence electrons. The third-order valence-corrected chi connectivity index (χ3v) is 5.65. The number of benzene rings is 2. The van der Waals surface area contributed by atoms with E-state index >= 15 is 0 Å². The average Bonchev–Trinajstić information content (AvgIpc) is 3.10. The molecule has 0 unspecified atom stereocenters. The Hall–Kier alpha value is -3.45. The molecule has 0 aliphatic rings. The number of hydrogen-bond donors (Lipinski definition) is 0. The zero-order valence-electron chi connectivity index (χ0n) is 17.6. The summed E-state index contributed by atoms with van der Waals surface area (Å²) in [6.45, 7) is 16.3. The van der Waals surface area contributed by atoms with Gasteiger partial charge >= 0.3 is 0 Å². The van der Waals surface area contributed by atoms with Crippen molar-refractivity contribution in [3.05, 3.63) is 83.5 Å². The van der Waals surface area contributed by atoms with Crippen LogP contribution in [0, 0.1) is 20.4 Å². The highest BCUT2D eigenvalue weighted by atomic mass is 15.4. The van der Waals surface area contributed by atoms with Gasteiger partial charge in [-0.05, 0) is 39.0 Å². The quantitative estimate of drug-likeness (QED) is 0.344. The highest BCUT2D eigenvalue weighted by molar-refractivity contribution is 5.77. The summed E-state index contributed by atoms with van der Waals surface area (Å²) in [7, 11) is 2.08. The van der Waals surface area contributed by atoms with Gasteiger partial charge in [0.25, 0.3) is 0 Å². The molecule has 0 radical (unpaired) electrons. The first-order chi connectivity index (χ1) is 13.9. The lowest BCUT2D eigenvalue weighted by Gasteiger charge is -2.12. The predicted molar refractivity (Wildman–Crippen MR) is 116 cm³/mol. The third kappa shape index (κ3) is 3.09. The Morgan fingerprint density at radius 1 is 1.00 bits per heavy atom. The van der Waals surface area contributed by atoms with Crippen LogP contribution in [0.25, 0.3) is 32.7 Å². The summed E-state index contributed by atoms with van der Waals surface area (Å²) in [4.78, 5) is 3.79. The summed E-state index contributed by atoms with van der Waals surface area (Å²) in [6.07, 6.45) is 2.11. The molecule has 2 aromatic carbocycles. The van der Waals surface area contributed by atoms with Crippen molar-refractivity contribution >= 4 is 16.6 Å². The molecule has 0 atom stereocenters. The molecule has 0 fully saturated rings. The van der Waals surface area contributed by atoms with Gasteiger partial charge in [0, 0.05) is 47.7 Å². The van der Waals surface area contributed by atoms with Crippen LogP contribution in [0.4, 0.5) is 5.69 Å². The van der Waals surface area contributed by atoms with Crippen LogP contribution < -0.4 is 9.25 Å². The number of rotatable bonds is 3. The first-order valence-corrected chi connectivity index (χ1v) is 9.92. The standard InChI is InChI=1S/C25H26N4/c1-17(2)28-14-13-24(27(28)6)22-15-21(26-5)16-25(19(22)4)29-18(3)11-12-20-9-7-8-10-23(20)29/h7-17H,1-4,6H3/q+2. The molecule has 0 aliphatic heterocycles. The van der Waals surface area contributed by atoms with Gasteiger partial charge in [0.2, 0.25) is 11.2 Å². The Labute approximate surface area is 172 Å². The second-order valence-electron chi connectivity index (χ2n) is 7.82. The SMILES string of the molecule is [C-]#[N+]c1cc(-c2cc[n+](C(C)C)n2C)c(C)c(-[n+]2c(C)ccc3ccccc32)c1. The number of aromatic nitrogens is 3. The van der Waals surface area contributed by atoms with Crippen molar-refractivity contribution in [3.63, 3.8) is 0 Å². The van der Waals surface area contributed by atoms with E-state index < -0.39 is 0 Å². The smallest absolute Gasteiger partial charge is 0.218 e. The highest BCUT2D eigenvalue weighted by Crippen LogP contribution is 2.31. The van der Waals surface area contributed by atoms with Crippen LogP contribution in [0.5, 0.6) is 0 Å². The zero-order chi connectivity index (χ0) is 20.7. The van der Waals surface area contributed by atoms with Gasteiger partial charge in [0.15, 0.2) is 23.6 Å². The normalized spacial score (nSPS) is 11.2.